The van der Waals surface area contributed by atoms with E-state index in [2.05, 4.69) is 5.16 Å². The van der Waals surface area contributed by atoms with Gasteiger partial charge in [0.05, 0.1) is 0 Å². The number of rotatable bonds is 2. The van der Waals surface area contributed by atoms with E-state index in [1.54, 1.807) is 24.3 Å². The van der Waals surface area contributed by atoms with Crippen molar-refractivity contribution in [2.75, 3.05) is 0 Å². The van der Waals surface area contributed by atoms with Gasteiger partial charge in [0, 0.05) is 5.56 Å². The van der Waals surface area contributed by atoms with Gasteiger partial charge in [0.1, 0.15) is 0 Å². The first kappa shape index (κ1) is 10.2. The summed E-state index contributed by atoms with van der Waals surface area (Å²) in [4.78, 5) is 11.0. The van der Waals surface area contributed by atoms with Crippen LogP contribution in [0.3, 0.4) is 0 Å². The lowest BCUT2D eigenvalue weighted by Gasteiger charge is -2.02. The van der Waals surface area contributed by atoms with Gasteiger partial charge in [-0.15, -0.1) is 0 Å². The summed E-state index contributed by atoms with van der Waals surface area (Å²) in [5.41, 5.74) is 2.63. The first-order chi connectivity index (χ1) is 6.69. The molecule has 0 aliphatic carbocycles. The molecular formula is C9H10N2O3. The molecule has 1 rings (SSSR count). The maximum atomic E-state index is 11.0. The van der Waals surface area contributed by atoms with Gasteiger partial charge in [-0.1, -0.05) is 35.0 Å². The van der Waals surface area contributed by atoms with E-state index < -0.39 is 5.91 Å². The zero-order valence-corrected chi connectivity index (χ0v) is 7.56. The van der Waals surface area contributed by atoms with E-state index in [1.165, 1.54) is 5.48 Å². The zero-order valence-electron chi connectivity index (χ0n) is 7.56. The number of benzene rings is 1. The molecule has 0 aromatic heterocycles. The summed E-state index contributed by atoms with van der Waals surface area (Å²) >= 11 is 0. The molecular weight excluding hydrogens is 184 g/mol. The fraction of sp³-hybridized carbons (Fsp3) is 0.111. The van der Waals surface area contributed by atoms with E-state index in [-0.39, 0.29) is 5.71 Å². The van der Waals surface area contributed by atoms with Gasteiger partial charge in [-0.3, -0.25) is 10.0 Å². The maximum Gasteiger partial charge on any atom is 0.297 e. The predicted octanol–water partition coefficient (Wildman–Crippen LogP) is 0.679. The molecule has 1 amide bonds. The van der Waals surface area contributed by atoms with Crippen LogP contribution in [0.4, 0.5) is 0 Å². The van der Waals surface area contributed by atoms with Crippen LogP contribution < -0.4 is 5.48 Å². The molecule has 0 aliphatic rings. The summed E-state index contributed by atoms with van der Waals surface area (Å²) < 4.78 is 0. The molecule has 0 saturated heterocycles. The normalized spacial score (nSPS) is 11.1. The Morgan fingerprint density at radius 3 is 2.36 bits per heavy atom. The van der Waals surface area contributed by atoms with E-state index in [9.17, 15) is 4.79 Å². The molecule has 0 fully saturated rings. The van der Waals surface area contributed by atoms with Gasteiger partial charge < -0.3 is 5.21 Å². The molecule has 3 N–H and O–H groups in total. The molecule has 14 heavy (non-hydrogen) atoms. The van der Waals surface area contributed by atoms with Gasteiger partial charge >= 0.3 is 0 Å². The van der Waals surface area contributed by atoms with Crippen molar-refractivity contribution < 1.29 is 15.2 Å². The zero-order chi connectivity index (χ0) is 10.6. The molecule has 0 spiro atoms. The van der Waals surface area contributed by atoms with Crippen LogP contribution in [0.1, 0.15) is 11.1 Å². The van der Waals surface area contributed by atoms with Gasteiger partial charge in [0.15, 0.2) is 5.71 Å². The van der Waals surface area contributed by atoms with Crippen molar-refractivity contribution in [3.8, 4) is 0 Å². The Morgan fingerprint density at radius 2 is 1.93 bits per heavy atom. The lowest BCUT2D eigenvalue weighted by Crippen LogP contribution is -2.28. The van der Waals surface area contributed by atoms with Gasteiger partial charge in [-0.05, 0) is 6.92 Å². The monoisotopic (exact) mass is 194 g/mol. The van der Waals surface area contributed by atoms with Crippen LogP contribution >= 0.6 is 0 Å². The topological polar surface area (TPSA) is 81.9 Å². The van der Waals surface area contributed by atoms with Crippen molar-refractivity contribution >= 4 is 11.6 Å². The van der Waals surface area contributed by atoms with Crippen LogP contribution in [-0.2, 0) is 4.79 Å². The third kappa shape index (κ3) is 2.08. The number of nitrogens with zero attached hydrogens (tertiary/aromatic N) is 1. The molecule has 5 nitrogen and oxygen atoms in total. The minimum Gasteiger partial charge on any atom is -0.410 e. The molecule has 0 radical (unpaired) electrons. The van der Waals surface area contributed by atoms with Gasteiger partial charge in [-0.25, -0.2) is 5.48 Å². The number of carbonyl (C=O) groups excluding carboxylic acids is 1. The summed E-state index contributed by atoms with van der Waals surface area (Å²) in [5.74, 6) is -0.851. The quantitative estimate of drug-likeness (QED) is 0.280. The number of hydrogen-bond acceptors (Lipinski definition) is 4. The van der Waals surface area contributed by atoms with Crippen molar-refractivity contribution in [1.82, 2.24) is 5.48 Å². The molecule has 0 saturated carbocycles. The fourth-order valence-electron chi connectivity index (χ4n) is 0.999. The smallest absolute Gasteiger partial charge is 0.297 e. The largest absolute Gasteiger partial charge is 0.410 e. The Balaban J connectivity index is 3.03. The summed E-state index contributed by atoms with van der Waals surface area (Å²) in [7, 11) is 0. The number of hydroxylamine groups is 1. The van der Waals surface area contributed by atoms with Crippen LogP contribution in [0.15, 0.2) is 29.4 Å². The van der Waals surface area contributed by atoms with Crippen molar-refractivity contribution in [2.45, 2.75) is 6.92 Å². The third-order valence-electron chi connectivity index (χ3n) is 1.74. The Morgan fingerprint density at radius 1 is 1.36 bits per heavy atom. The van der Waals surface area contributed by atoms with E-state index in [4.69, 9.17) is 10.4 Å². The number of aryl methyl sites for hydroxylation is 1. The lowest BCUT2D eigenvalue weighted by molar-refractivity contribution is -0.122. The average Bonchev–Trinajstić information content (AvgIpc) is 2.21. The van der Waals surface area contributed by atoms with Crippen LogP contribution in [0.2, 0.25) is 0 Å². The lowest BCUT2D eigenvalue weighted by atomic mass is 10.1. The molecule has 1 aromatic rings. The Kier molecular flexibility index (Phi) is 3.19. The number of amides is 1. The molecule has 0 aliphatic heterocycles. The van der Waals surface area contributed by atoms with Crippen molar-refractivity contribution in [1.29, 1.82) is 0 Å². The molecule has 0 bridgehead atoms. The summed E-state index contributed by atoms with van der Waals surface area (Å²) in [6.45, 7) is 1.89. The van der Waals surface area contributed by atoms with Crippen LogP contribution in [0.25, 0.3) is 0 Å². The summed E-state index contributed by atoms with van der Waals surface area (Å²) in [6.07, 6.45) is 0. The first-order valence-electron chi connectivity index (χ1n) is 3.92. The molecule has 0 atom stereocenters. The second kappa shape index (κ2) is 4.38. The molecule has 5 heteroatoms. The molecule has 0 heterocycles. The highest BCUT2D eigenvalue weighted by Crippen LogP contribution is 2.04. The SMILES string of the molecule is Cc1ccc(/C(=N\O)C(=O)NO)cc1. The average molecular weight is 194 g/mol. The number of carbonyl (C=O) groups is 1. The first-order valence-corrected chi connectivity index (χ1v) is 3.92. The molecule has 0 unspecified atom stereocenters. The van der Waals surface area contributed by atoms with E-state index in [0.717, 1.165) is 5.56 Å². The van der Waals surface area contributed by atoms with Crippen LogP contribution in [0.5, 0.6) is 0 Å². The number of oxime groups is 1. The molecule has 74 valence electrons. The highest BCUT2D eigenvalue weighted by atomic mass is 16.5. The van der Waals surface area contributed by atoms with E-state index in [1.807, 2.05) is 6.92 Å². The second-order valence-corrected chi connectivity index (χ2v) is 2.76. The number of nitrogens with one attached hydrogen (secondary N) is 1. The summed E-state index contributed by atoms with van der Waals surface area (Å²) in [6, 6.07) is 6.79. The fourth-order valence-corrected chi connectivity index (χ4v) is 0.999. The highest BCUT2D eigenvalue weighted by Gasteiger charge is 2.13. The van der Waals surface area contributed by atoms with Crippen molar-refractivity contribution in [2.24, 2.45) is 5.16 Å². The minimum atomic E-state index is -0.851. The van der Waals surface area contributed by atoms with E-state index in [0.29, 0.717) is 5.56 Å². The highest BCUT2D eigenvalue weighted by molar-refractivity contribution is 6.44. The van der Waals surface area contributed by atoms with E-state index >= 15 is 0 Å². The van der Waals surface area contributed by atoms with Crippen LogP contribution in [0, 0.1) is 6.92 Å². The minimum absolute atomic E-state index is 0.229. The van der Waals surface area contributed by atoms with Gasteiger partial charge in [0.2, 0.25) is 0 Å². The number of hydrogen-bond donors (Lipinski definition) is 3. The maximum absolute atomic E-state index is 11.0. The Bertz CT molecular complexity index is 357. The molecule has 1 aromatic carbocycles. The Labute approximate surface area is 80.6 Å². The van der Waals surface area contributed by atoms with Crippen LogP contribution in [-0.4, -0.2) is 22.0 Å². The summed E-state index contributed by atoms with van der Waals surface area (Å²) in [5, 5.41) is 19.7. The third-order valence-corrected chi connectivity index (χ3v) is 1.74. The van der Waals surface area contributed by atoms with Gasteiger partial charge in [0.25, 0.3) is 5.91 Å². The standard InChI is InChI=1S/C9H10N2O3/c1-6-2-4-7(5-3-6)8(10-13)9(12)11-14/h2-5,13-14H,1H3,(H,11,12)/b10-8+. The Hall–Kier alpha value is -1.88. The predicted molar refractivity (Wildman–Crippen MR) is 49.4 cm³/mol. The second-order valence-electron chi connectivity index (χ2n) is 2.76. The van der Waals surface area contributed by atoms with Crippen molar-refractivity contribution in [3.63, 3.8) is 0 Å². The van der Waals surface area contributed by atoms with Gasteiger partial charge in [-0.2, -0.15) is 0 Å². The van der Waals surface area contributed by atoms with Crippen molar-refractivity contribution in [3.05, 3.63) is 35.4 Å².